The lowest BCUT2D eigenvalue weighted by Gasteiger charge is -2.19. The van der Waals surface area contributed by atoms with Crippen molar-refractivity contribution >= 4 is 29.1 Å². The molecular weight excluding hydrogens is 425 g/mol. The standard InChI is InChI=1S/C17H19ClF5N3O3/c1-9(17(21,22)23)24-13(27)7-29-8-26-5-4-10(6-26)16(28)25-12-3-2-11(19)14(18)15(12)20/h2-3,9-10H,4-8H2,1H3,(H,24,27)(H,25,28)/t9-,10+/m1/s1. The molecule has 162 valence electrons. The third kappa shape index (κ3) is 6.51. The minimum absolute atomic E-state index is 0.0612. The first-order chi connectivity index (χ1) is 13.5. The van der Waals surface area contributed by atoms with Gasteiger partial charge in [-0.05, 0) is 25.5 Å². The third-order valence-corrected chi connectivity index (χ3v) is 4.66. The Morgan fingerprint density at radius 2 is 2.03 bits per heavy atom. The van der Waals surface area contributed by atoms with Gasteiger partial charge in [0.15, 0.2) is 5.82 Å². The fourth-order valence-corrected chi connectivity index (χ4v) is 2.82. The van der Waals surface area contributed by atoms with Gasteiger partial charge < -0.3 is 15.4 Å². The van der Waals surface area contributed by atoms with Crippen molar-refractivity contribution in [2.45, 2.75) is 25.6 Å². The number of carbonyl (C=O) groups is 2. The normalized spacial score (nSPS) is 18.5. The number of benzene rings is 1. The van der Waals surface area contributed by atoms with Gasteiger partial charge in [0.1, 0.15) is 23.5 Å². The summed E-state index contributed by atoms with van der Waals surface area (Å²) in [6.45, 7) is 0.869. The van der Waals surface area contributed by atoms with Crippen LogP contribution in [0.4, 0.5) is 27.6 Å². The van der Waals surface area contributed by atoms with Crippen molar-refractivity contribution < 1.29 is 36.3 Å². The molecule has 0 radical (unpaired) electrons. The fraction of sp³-hybridized carbons (Fsp3) is 0.529. The first kappa shape index (κ1) is 23.3. The van der Waals surface area contributed by atoms with Crippen molar-refractivity contribution in [3.05, 3.63) is 28.8 Å². The average Bonchev–Trinajstić information content (AvgIpc) is 3.10. The van der Waals surface area contributed by atoms with Crippen LogP contribution in [0.3, 0.4) is 0 Å². The summed E-state index contributed by atoms with van der Waals surface area (Å²) in [5, 5.41) is 3.40. The maximum absolute atomic E-state index is 13.9. The van der Waals surface area contributed by atoms with Gasteiger partial charge in [-0.15, -0.1) is 0 Å². The molecule has 1 saturated heterocycles. The van der Waals surface area contributed by atoms with E-state index in [-0.39, 0.29) is 19.0 Å². The molecule has 0 aliphatic carbocycles. The molecule has 2 rings (SSSR count). The number of nitrogens with zero attached hydrogens (tertiary/aromatic N) is 1. The number of alkyl halides is 3. The smallest absolute Gasteiger partial charge is 0.356 e. The second kappa shape index (κ2) is 9.68. The summed E-state index contributed by atoms with van der Waals surface area (Å²) in [4.78, 5) is 25.4. The predicted molar refractivity (Wildman–Crippen MR) is 94.2 cm³/mol. The van der Waals surface area contributed by atoms with E-state index in [0.717, 1.165) is 19.1 Å². The molecule has 12 heteroatoms. The molecule has 1 aromatic carbocycles. The first-order valence-electron chi connectivity index (χ1n) is 8.59. The van der Waals surface area contributed by atoms with E-state index in [4.69, 9.17) is 16.3 Å². The molecule has 0 bridgehead atoms. The molecule has 1 aromatic rings. The van der Waals surface area contributed by atoms with Crippen LogP contribution in [-0.2, 0) is 14.3 Å². The van der Waals surface area contributed by atoms with E-state index in [9.17, 15) is 31.5 Å². The number of halogens is 6. The van der Waals surface area contributed by atoms with Gasteiger partial charge in [0.2, 0.25) is 11.8 Å². The van der Waals surface area contributed by atoms with E-state index >= 15 is 0 Å². The zero-order valence-corrected chi connectivity index (χ0v) is 16.0. The van der Waals surface area contributed by atoms with Gasteiger partial charge in [-0.3, -0.25) is 14.5 Å². The number of amides is 2. The summed E-state index contributed by atoms with van der Waals surface area (Å²) in [5.41, 5.74) is -0.244. The van der Waals surface area contributed by atoms with Gasteiger partial charge in [-0.1, -0.05) is 11.6 Å². The van der Waals surface area contributed by atoms with E-state index in [2.05, 4.69) is 5.32 Å². The Morgan fingerprint density at radius 3 is 2.69 bits per heavy atom. The third-order valence-electron chi connectivity index (χ3n) is 4.31. The van der Waals surface area contributed by atoms with Gasteiger partial charge in [0, 0.05) is 13.1 Å². The van der Waals surface area contributed by atoms with Crippen LogP contribution in [0, 0.1) is 17.6 Å². The van der Waals surface area contributed by atoms with Crippen molar-refractivity contribution in [1.82, 2.24) is 10.2 Å². The Kier molecular flexibility index (Phi) is 7.78. The van der Waals surface area contributed by atoms with Crippen LogP contribution < -0.4 is 10.6 Å². The van der Waals surface area contributed by atoms with Crippen molar-refractivity contribution in [1.29, 1.82) is 0 Å². The zero-order chi connectivity index (χ0) is 21.8. The van der Waals surface area contributed by atoms with Crippen LogP contribution >= 0.6 is 11.6 Å². The van der Waals surface area contributed by atoms with Crippen LogP contribution in [0.25, 0.3) is 0 Å². The minimum Gasteiger partial charge on any atom is -0.356 e. The highest BCUT2D eigenvalue weighted by molar-refractivity contribution is 6.31. The molecule has 0 unspecified atom stereocenters. The van der Waals surface area contributed by atoms with Crippen LogP contribution in [-0.4, -0.2) is 55.4 Å². The molecule has 2 amide bonds. The maximum atomic E-state index is 13.9. The highest BCUT2D eigenvalue weighted by atomic mass is 35.5. The SMILES string of the molecule is C[C@@H](NC(=O)COCN1CC[C@H](C(=O)Nc2ccc(F)c(Cl)c2F)C1)C(F)(F)F. The Hall–Kier alpha value is -1.98. The molecule has 6 nitrogen and oxygen atoms in total. The molecule has 1 heterocycles. The first-order valence-corrected chi connectivity index (χ1v) is 8.97. The van der Waals surface area contributed by atoms with Crippen LogP contribution in [0.15, 0.2) is 12.1 Å². The largest absolute Gasteiger partial charge is 0.408 e. The van der Waals surface area contributed by atoms with Gasteiger partial charge in [0.05, 0.1) is 18.3 Å². The molecule has 2 N–H and O–H groups in total. The van der Waals surface area contributed by atoms with Crippen molar-refractivity contribution in [2.24, 2.45) is 5.92 Å². The lowest BCUT2D eigenvalue weighted by atomic mass is 10.1. The quantitative estimate of drug-likeness (QED) is 0.502. The van der Waals surface area contributed by atoms with E-state index in [0.29, 0.717) is 13.0 Å². The molecule has 1 aliphatic heterocycles. The summed E-state index contributed by atoms with van der Waals surface area (Å²) >= 11 is 5.47. The summed E-state index contributed by atoms with van der Waals surface area (Å²) < 4.78 is 69.2. The number of nitrogens with one attached hydrogen (secondary N) is 2. The summed E-state index contributed by atoms with van der Waals surface area (Å²) in [5.74, 6) is -3.93. The number of anilines is 1. The molecule has 0 aromatic heterocycles. The van der Waals surface area contributed by atoms with Gasteiger partial charge >= 0.3 is 6.18 Å². The number of hydrogen-bond donors (Lipinski definition) is 2. The number of likely N-dealkylation sites (tertiary alicyclic amines) is 1. The minimum atomic E-state index is -4.54. The van der Waals surface area contributed by atoms with Gasteiger partial charge in [-0.2, -0.15) is 13.2 Å². The van der Waals surface area contributed by atoms with Crippen LogP contribution in [0.1, 0.15) is 13.3 Å². The number of ether oxygens (including phenoxy) is 1. The Balaban J connectivity index is 1.75. The van der Waals surface area contributed by atoms with Crippen molar-refractivity contribution in [3.63, 3.8) is 0 Å². The second-order valence-corrected chi connectivity index (χ2v) is 6.96. The monoisotopic (exact) mass is 443 g/mol. The summed E-state index contributed by atoms with van der Waals surface area (Å²) in [7, 11) is 0. The van der Waals surface area contributed by atoms with E-state index in [1.165, 1.54) is 0 Å². The maximum Gasteiger partial charge on any atom is 0.408 e. The molecule has 0 saturated carbocycles. The molecule has 1 fully saturated rings. The van der Waals surface area contributed by atoms with Crippen LogP contribution in [0.2, 0.25) is 5.02 Å². The second-order valence-electron chi connectivity index (χ2n) is 6.58. The van der Waals surface area contributed by atoms with E-state index in [1.807, 2.05) is 0 Å². The lowest BCUT2D eigenvalue weighted by Crippen LogP contribution is -2.44. The number of rotatable bonds is 7. The Bertz CT molecular complexity index is 763. The van der Waals surface area contributed by atoms with E-state index in [1.54, 1.807) is 10.2 Å². The Morgan fingerprint density at radius 1 is 1.34 bits per heavy atom. The molecule has 29 heavy (non-hydrogen) atoms. The van der Waals surface area contributed by atoms with Gasteiger partial charge in [0.25, 0.3) is 0 Å². The topological polar surface area (TPSA) is 70.7 Å². The van der Waals surface area contributed by atoms with Crippen molar-refractivity contribution in [3.8, 4) is 0 Å². The predicted octanol–water partition coefficient (Wildman–Crippen LogP) is 2.92. The zero-order valence-electron chi connectivity index (χ0n) is 15.3. The van der Waals surface area contributed by atoms with Crippen LogP contribution in [0.5, 0.6) is 0 Å². The molecule has 1 aliphatic rings. The summed E-state index contributed by atoms with van der Waals surface area (Å²) in [6, 6.07) is 0.00421. The fourth-order valence-electron chi connectivity index (χ4n) is 2.65. The highest BCUT2D eigenvalue weighted by Crippen LogP contribution is 2.26. The molecule has 0 spiro atoms. The molecule has 2 atom stereocenters. The molecular formula is C17H19ClF5N3O3. The highest BCUT2D eigenvalue weighted by Gasteiger charge is 2.37. The van der Waals surface area contributed by atoms with E-state index < -0.39 is 53.2 Å². The summed E-state index contributed by atoms with van der Waals surface area (Å²) in [6.07, 6.45) is -4.12. The number of hydrogen-bond acceptors (Lipinski definition) is 4. The lowest BCUT2D eigenvalue weighted by molar-refractivity contribution is -0.159. The number of carbonyl (C=O) groups excluding carboxylic acids is 2. The average molecular weight is 444 g/mol. The van der Waals surface area contributed by atoms with Crippen molar-refractivity contribution in [2.75, 3.05) is 31.7 Å². The Labute approximate surface area is 168 Å². The van der Waals surface area contributed by atoms with Gasteiger partial charge in [-0.25, -0.2) is 8.78 Å².